The van der Waals surface area contributed by atoms with E-state index in [0.717, 1.165) is 11.1 Å². The summed E-state index contributed by atoms with van der Waals surface area (Å²) in [6.45, 7) is 0. The van der Waals surface area contributed by atoms with Gasteiger partial charge in [0.1, 0.15) is 0 Å². The monoisotopic (exact) mass is 336 g/mol. The molecule has 3 aromatic rings. The molecule has 2 heterocycles. The average molecular weight is 336 g/mol. The number of hydrogen-bond donors (Lipinski definition) is 1. The molecular formula is C18H12N2O3S. The zero-order valence-electron chi connectivity index (χ0n) is 12.4. The summed E-state index contributed by atoms with van der Waals surface area (Å²) in [5.41, 5.74) is 2.71. The van der Waals surface area contributed by atoms with Gasteiger partial charge in [-0.3, -0.25) is 4.79 Å². The number of amides is 1. The van der Waals surface area contributed by atoms with Crippen LogP contribution in [0.5, 0.6) is 0 Å². The van der Waals surface area contributed by atoms with Crippen molar-refractivity contribution in [2.75, 3.05) is 0 Å². The number of benzene rings is 2. The van der Waals surface area contributed by atoms with Gasteiger partial charge in [0, 0.05) is 5.56 Å². The maximum Gasteiger partial charge on any atom is 0.282 e. The fourth-order valence-corrected chi connectivity index (χ4v) is 3.89. The highest BCUT2D eigenvalue weighted by Crippen LogP contribution is 2.34. The number of pyridine rings is 1. The van der Waals surface area contributed by atoms with Crippen molar-refractivity contribution in [3.8, 4) is 22.4 Å². The molecule has 0 spiro atoms. The van der Waals surface area contributed by atoms with Crippen LogP contribution in [-0.4, -0.2) is 19.3 Å². The number of sulfonamides is 1. The minimum absolute atomic E-state index is 0.0980. The van der Waals surface area contributed by atoms with Crippen LogP contribution in [0.15, 0.2) is 71.8 Å². The molecule has 0 aliphatic carbocycles. The number of rotatable bonds is 2. The van der Waals surface area contributed by atoms with E-state index in [1.807, 2.05) is 65.4 Å². The SMILES string of the molecule is O=C1NS(=O)(=O)c2nc(-c3ccccc3)cc(-c3ccccc3)c21. The third-order valence-electron chi connectivity index (χ3n) is 3.85. The predicted octanol–water partition coefficient (Wildman–Crippen LogP) is 2.85. The Morgan fingerprint density at radius 2 is 1.42 bits per heavy atom. The van der Waals surface area contributed by atoms with Crippen LogP contribution >= 0.6 is 0 Å². The van der Waals surface area contributed by atoms with Crippen LogP contribution < -0.4 is 4.72 Å². The fourth-order valence-electron chi connectivity index (χ4n) is 2.76. The van der Waals surface area contributed by atoms with Crippen LogP contribution in [0, 0.1) is 0 Å². The standard InChI is InChI=1S/C18H12N2O3S/c21-17-16-14(12-7-3-1-4-8-12)11-15(13-9-5-2-6-10-13)19-18(16)24(22,23)20-17/h1-11H,(H,20,21). The Kier molecular flexibility index (Phi) is 3.21. The van der Waals surface area contributed by atoms with Crippen molar-refractivity contribution < 1.29 is 13.2 Å². The van der Waals surface area contributed by atoms with Crippen molar-refractivity contribution >= 4 is 15.9 Å². The molecule has 0 unspecified atom stereocenters. The van der Waals surface area contributed by atoms with Gasteiger partial charge in [-0.05, 0) is 17.2 Å². The highest BCUT2D eigenvalue weighted by molar-refractivity contribution is 7.90. The molecule has 2 aromatic carbocycles. The van der Waals surface area contributed by atoms with Crippen molar-refractivity contribution in [3.63, 3.8) is 0 Å². The van der Waals surface area contributed by atoms with E-state index in [9.17, 15) is 13.2 Å². The summed E-state index contributed by atoms with van der Waals surface area (Å²) in [4.78, 5) is 16.4. The van der Waals surface area contributed by atoms with Crippen molar-refractivity contribution in [1.29, 1.82) is 0 Å². The highest BCUT2D eigenvalue weighted by Gasteiger charge is 2.37. The lowest BCUT2D eigenvalue weighted by atomic mass is 9.98. The Hall–Kier alpha value is -2.99. The van der Waals surface area contributed by atoms with Gasteiger partial charge in [0.2, 0.25) is 0 Å². The Bertz CT molecular complexity index is 1050. The van der Waals surface area contributed by atoms with Gasteiger partial charge in [-0.2, -0.15) is 8.42 Å². The molecule has 6 heteroatoms. The summed E-state index contributed by atoms with van der Waals surface area (Å²) >= 11 is 0. The van der Waals surface area contributed by atoms with E-state index < -0.39 is 15.9 Å². The van der Waals surface area contributed by atoms with Crippen molar-refractivity contribution in [1.82, 2.24) is 9.71 Å². The first kappa shape index (κ1) is 14.6. The van der Waals surface area contributed by atoms with E-state index in [-0.39, 0.29) is 10.6 Å². The Balaban J connectivity index is 2.06. The molecule has 1 aromatic heterocycles. The van der Waals surface area contributed by atoms with Crippen LogP contribution in [0.4, 0.5) is 0 Å². The van der Waals surface area contributed by atoms with Gasteiger partial charge in [0.05, 0.1) is 11.3 Å². The maximum atomic E-state index is 12.2. The van der Waals surface area contributed by atoms with Crippen molar-refractivity contribution in [2.24, 2.45) is 0 Å². The summed E-state index contributed by atoms with van der Waals surface area (Å²) in [5, 5.41) is -0.215. The van der Waals surface area contributed by atoms with Crippen LogP contribution in [0.1, 0.15) is 10.4 Å². The number of nitrogens with one attached hydrogen (secondary N) is 1. The minimum atomic E-state index is -3.93. The van der Waals surface area contributed by atoms with Crippen LogP contribution in [0.2, 0.25) is 0 Å². The van der Waals surface area contributed by atoms with E-state index in [0.29, 0.717) is 11.3 Å². The minimum Gasteiger partial charge on any atom is -0.268 e. The molecule has 4 rings (SSSR count). The second kappa shape index (κ2) is 5.28. The smallest absolute Gasteiger partial charge is 0.268 e. The number of carbonyl (C=O) groups excluding carboxylic acids is 1. The summed E-state index contributed by atoms with van der Waals surface area (Å²) in [7, 11) is -3.93. The van der Waals surface area contributed by atoms with E-state index in [1.54, 1.807) is 6.07 Å². The molecule has 1 aliphatic rings. The van der Waals surface area contributed by atoms with E-state index in [1.165, 1.54) is 0 Å². The normalized spacial score (nSPS) is 14.9. The molecule has 24 heavy (non-hydrogen) atoms. The van der Waals surface area contributed by atoms with Gasteiger partial charge < -0.3 is 0 Å². The van der Waals surface area contributed by atoms with Gasteiger partial charge in [-0.15, -0.1) is 0 Å². The quantitative estimate of drug-likeness (QED) is 0.781. The predicted molar refractivity (Wildman–Crippen MR) is 89.8 cm³/mol. The Labute approximate surface area is 139 Å². The maximum absolute atomic E-state index is 12.2. The first-order valence-electron chi connectivity index (χ1n) is 7.29. The summed E-state index contributed by atoms with van der Waals surface area (Å²) in [6.07, 6.45) is 0. The second-order valence-electron chi connectivity index (χ2n) is 5.40. The summed E-state index contributed by atoms with van der Waals surface area (Å²) in [6, 6.07) is 20.2. The van der Waals surface area contributed by atoms with Gasteiger partial charge >= 0.3 is 0 Å². The third-order valence-corrected chi connectivity index (χ3v) is 5.11. The number of nitrogens with zero attached hydrogens (tertiary/aromatic N) is 1. The number of hydrogen-bond acceptors (Lipinski definition) is 4. The first-order chi connectivity index (χ1) is 11.6. The van der Waals surface area contributed by atoms with E-state index >= 15 is 0 Å². The Morgan fingerprint density at radius 1 is 0.833 bits per heavy atom. The lowest BCUT2D eigenvalue weighted by Gasteiger charge is -2.09. The van der Waals surface area contributed by atoms with Gasteiger partial charge in [0.15, 0.2) is 5.03 Å². The topological polar surface area (TPSA) is 76.1 Å². The summed E-state index contributed by atoms with van der Waals surface area (Å²) < 4.78 is 26.5. The summed E-state index contributed by atoms with van der Waals surface area (Å²) in [5.74, 6) is -0.643. The molecule has 0 fully saturated rings. The highest BCUT2D eigenvalue weighted by atomic mass is 32.2. The van der Waals surface area contributed by atoms with Gasteiger partial charge in [0.25, 0.3) is 15.9 Å². The largest absolute Gasteiger partial charge is 0.282 e. The third kappa shape index (κ3) is 2.28. The lowest BCUT2D eigenvalue weighted by molar-refractivity contribution is 0.0985. The fraction of sp³-hybridized carbons (Fsp3) is 0. The van der Waals surface area contributed by atoms with E-state index in [4.69, 9.17) is 0 Å². The average Bonchev–Trinajstić information content (AvgIpc) is 2.85. The molecule has 1 amide bonds. The van der Waals surface area contributed by atoms with Crippen LogP contribution in [0.3, 0.4) is 0 Å². The number of fused-ring (bicyclic) bond motifs is 1. The molecule has 1 aliphatic heterocycles. The van der Waals surface area contributed by atoms with Crippen molar-refractivity contribution in [3.05, 3.63) is 72.3 Å². The molecule has 0 saturated carbocycles. The molecule has 1 N–H and O–H groups in total. The molecular weight excluding hydrogens is 324 g/mol. The second-order valence-corrected chi connectivity index (χ2v) is 7.00. The van der Waals surface area contributed by atoms with Crippen LogP contribution in [0.25, 0.3) is 22.4 Å². The van der Waals surface area contributed by atoms with Gasteiger partial charge in [-0.1, -0.05) is 60.7 Å². The van der Waals surface area contributed by atoms with Gasteiger partial charge in [-0.25, -0.2) is 9.71 Å². The zero-order valence-corrected chi connectivity index (χ0v) is 13.2. The molecule has 0 saturated heterocycles. The number of aromatic nitrogens is 1. The Morgan fingerprint density at radius 3 is 2.04 bits per heavy atom. The molecule has 118 valence electrons. The van der Waals surface area contributed by atoms with Crippen molar-refractivity contribution in [2.45, 2.75) is 5.03 Å². The molecule has 0 radical (unpaired) electrons. The first-order valence-corrected chi connectivity index (χ1v) is 8.77. The van der Waals surface area contributed by atoms with E-state index in [2.05, 4.69) is 4.98 Å². The molecule has 0 atom stereocenters. The molecule has 0 bridgehead atoms. The molecule has 5 nitrogen and oxygen atoms in total. The lowest BCUT2D eigenvalue weighted by Crippen LogP contribution is -2.21. The van der Waals surface area contributed by atoms with Crippen LogP contribution in [-0.2, 0) is 10.0 Å². The number of carbonyl (C=O) groups is 1. The zero-order chi connectivity index (χ0) is 16.7.